The lowest BCUT2D eigenvalue weighted by Gasteiger charge is -2.19. The maximum atomic E-state index is 13.4. The highest BCUT2D eigenvalue weighted by Gasteiger charge is 2.21. The van der Waals surface area contributed by atoms with Crippen LogP contribution in [-0.4, -0.2) is 16.3 Å². The first-order valence-electron chi connectivity index (χ1n) is 5.90. The lowest BCUT2D eigenvalue weighted by Crippen LogP contribution is -2.24. The van der Waals surface area contributed by atoms with Crippen LogP contribution in [0.15, 0.2) is 24.4 Å². The Hall–Kier alpha value is -1.46. The van der Waals surface area contributed by atoms with Gasteiger partial charge in [-0.25, -0.2) is 8.78 Å². The largest absolute Gasteiger partial charge is 0.305 e. The third-order valence-electron chi connectivity index (χ3n) is 2.90. The highest BCUT2D eigenvalue weighted by molar-refractivity contribution is 6.31. The third kappa shape index (κ3) is 2.77. The van der Waals surface area contributed by atoms with Crippen LogP contribution in [0, 0.1) is 11.6 Å². The fourth-order valence-corrected chi connectivity index (χ4v) is 2.29. The average molecular weight is 286 g/mol. The second-order valence-electron chi connectivity index (χ2n) is 4.17. The molecule has 0 fully saturated rings. The smallest absolute Gasteiger partial charge is 0.159 e. The van der Waals surface area contributed by atoms with Gasteiger partial charge in [0, 0.05) is 7.05 Å². The van der Waals surface area contributed by atoms with Gasteiger partial charge in [-0.2, -0.15) is 5.10 Å². The van der Waals surface area contributed by atoms with Gasteiger partial charge < -0.3 is 5.32 Å². The molecule has 0 aliphatic heterocycles. The lowest BCUT2D eigenvalue weighted by atomic mass is 10.0. The minimum absolute atomic E-state index is 0.333. The first-order valence-corrected chi connectivity index (χ1v) is 6.28. The van der Waals surface area contributed by atoms with Crippen LogP contribution in [0.2, 0.25) is 5.02 Å². The van der Waals surface area contributed by atoms with Crippen molar-refractivity contribution < 1.29 is 8.78 Å². The van der Waals surface area contributed by atoms with Crippen LogP contribution in [0.3, 0.4) is 0 Å². The molecular formula is C13H14ClF2N3. The molecule has 6 heteroatoms. The number of rotatable bonds is 4. The molecule has 1 N–H and O–H groups in total. The van der Waals surface area contributed by atoms with Crippen LogP contribution >= 0.6 is 11.6 Å². The fourth-order valence-electron chi connectivity index (χ4n) is 2.01. The van der Waals surface area contributed by atoms with Gasteiger partial charge in [-0.05, 0) is 24.2 Å². The van der Waals surface area contributed by atoms with Gasteiger partial charge in [0.15, 0.2) is 11.6 Å². The van der Waals surface area contributed by atoms with Crippen LogP contribution in [-0.2, 0) is 7.05 Å². The van der Waals surface area contributed by atoms with Gasteiger partial charge in [-0.3, -0.25) is 4.68 Å². The zero-order valence-electron chi connectivity index (χ0n) is 10.6. The number of hydrogen-bond donors (Lipinski definition) is 1. The SMILES string of the molecule is CCNC(c1ccc(F)c(F)c1)c1c(Cl)cnn1C. The quantitative estimate of drug-likeness (QED) is 0.936. The highest BCUT2D eigenvalue weighted by atomic mass is 35.5. The Morgan fingerprint density at radius 3 is 2.63 bits per heavy atom. The summed E-state index contributed by atoms with van der Waals surface area (Å²) in [7, 11) is 1.76. The van der Waals surface area contributed by atoms with E-state index in [0.717, 1.165) is 11.8 Å². The van der Waals surface area contributed by atoms with E-state index in [-0.39, 0.29) is 6.04 Å². The summed E-state index contributed by atoms with van der Waals surface area (Å²) in [6.07, 6.45) is 1.53. The Kier molecular flexibility index (Phi) is 4.17. The van der Waals surface area contributed by atoms with E-state index in [9.17, 15) is 8.78 Å². The summed E-state index contributed by atoms with van der Waals surface area (Å²) in [5, 5.41) is 7.74. The van der Waals surface area contributed by atoms with Crippen molar-refractivity contribution in [1.82, 2.24) is 15.1 Å². The zero-order chi connectivity index (χ0) is 14.0. The second-order valence-corrected chi connectivity index (χ2v) is 4.57. The molecule has 1 aromatic carbocycles. The van der Waals surface area contributed by atoms with Crippen molar-refractivity contribution in [3.63, 3.8) is 0 Å². The molecule has 1 unspecified atom stereocenters. The number of nitrogens with one attached hydrogen (secondary N) is 1. The number of halogens is 3. The molecule has 1 aromatic heterocycles. The molecule has 102 valence electrons. The third-order valence-corrected chi connectivity index (χ3v) is 3.19. The first-order chi connectivity index (χ1) is 9.04. The standard InChI is InChI=1S/C13H14ClF2N3/c1-3-17-12(13-9(14)7-18-19(13)2)8-4-5-10(15)11(16)6-8/h4-7,12,17H,3H2,1-2H3. The van der Waals surface area contributed by atoms with Crippen molar-refractivity contribution in [2.75, 3.05) is 6.54 Å². The summed E-state index contributed by atoms with van der Waals surface area (Å²) in [6, 6.07) is 3.49. The molecule has 3 nitrogen and oxygen atoms in total. The van der Waals surface area contributed by atoms with Gasteiger partial charge in [-0.1, -0.05) is 24.6 Å². The van der Waals surface area contributed by atoms with Gasteiger partial charge in [0.1, 0.15) is 0 Å². The van der Waals surface area contributed by atoms with E-state index in [4.69, 9.17) is 11.6 Å². The normalized spacial score (nSPS) is 12.7. The maximum absolute atomic E-state index is 13.4. The predicted octanol–water partition coefficient (Wildman–Crippen LogP) is 3.05. The maximum Gasteiger partial charge on any atom is 0.159 e. The summed E-state index contributed by atoms with van der Waals surface area (Å²) in [5.41, 5.74) is 1.32. The minimum Gasteiger partial charge on any atom is -0.305 e. The van der Waals surface area contributed by atoms with Gasteiger partial charge >= 0.3 is 0 Å². The Balaban J connectivity index is 2.48. The highest BCUT2D eigenvalue weighted by Crippen LogP contribution is 2.28. The molecule has 19 heavy (non-hydrogen) atoms. The first kappa shape index (κ1) is 14.0. The number of aryl methyl sites for hydroxylation is 1. The molecule has 2 rings (SSSR count). The van der Waals surface area contributed by atoms with E-state index in [2.05, 4.69) is 10.4 Å². The van der Waals surface area contributed by atoms with Crippen LogP contribution < -0.4 is 5.32 Å². The monoisotopic (exact) mass is 285 g/mol. The predicted molar refractivity (Wildman–Crippen MR) is 70.1 cm³/mol. The van der Waals surface area contributed by atoms with Crippen molar-refractivity contribution >= 4 is 11.6 Å². The fraction of sp³-hybridized carbons (Fsp3) is 0.308. The van der Waals surface area contributed by atoms with Crippen LogP contribution in [0.1, 0.15) is 24.2 Å². The van der Waals surface area contributed by atoms with Gasteiger partial charge in [0.2, 0.25) is 0 Å². The Morgan fingerprint density at radius 1 is 1.37 bits per heavy atom. The van der Waals surface area contributed by atoms with Crippen molar-refractivity contribution in [2.45, 2.75) is 13.0 Å². The number of nitrogens with zero attached hydrogens (tertiary/aromatic N) is 2. The molecule has 0 saturated heterocycles. The van der Waals surface area contributed by atoms with E-state index < -0.39 is 11.6 Å². The van der Waals surface area contributed by atoms with Gasteiger partial charge in [0.25, 0.3) is 0 Å². The van der Waals surface area contributed by atoms with Crippen molar-refractivity contribution in [1.29, 1.82) is 0 Å². The summed E-state index contributed by atoms with van der Waals surface area (Å²) in [6.45, 7) is 2.59. The molecule has 1 atom stereocenters. The Bertz CT molecular complexity index is 564. The van der Waals surface area contributed by atoms with Gasteiger partial charge in [0.05, 0.1) is 23.0 Å². The summed E-state index contributed by atoms with van der Waals surface area (Å²) in [5.74, 6) is -1.74. The van der Waals surface area contributed by atoms with E-state index in [1.807, 2.05) is 6.92 Å². The van der Waals surface area contributed by atoms with Crippen molar-refractivity contribution in [3.8, 4) is 0 Å². The molecule has 2 aromatic rings. The van der Waals surface area contributed by atoms with Crippen LogP contribution in [0.4, 0.5) is 8.78 Å². The number of benzene rings is 1. The van der Waals surface area contributed by atoms with Crippen molar-refractivity contribution in [2.24, 2.45) is 7.05 Å². The molecule has 0 radical (unpaired) electrons. The summed E-state index contributed by atoms with van der Waals surface area (Å²) in [4.78, 5) is 0. The molecule has 0 aliphatic carbocycles. The van der Waals surface area contributed by atoms with Gasteiger partial charge in [-0.15, -0.1) is 0 Å². The summed E-state index contributed by atoms with van der Waals surface area (Å²) >= 11 is 6.11. The molecule has 0 spiro atoms. The second kappa shape index (κ2) is 5.67. The summed E-state index contributed by atoms with van der Waals surface area (Å²) < 4.78 is 28.0. The molecular weight excluding hydrogens is 272 g/mol. The van der Waals surface area contributed by atoms with E-state index in [1.54, 1.807) is 11.7 Å². The zero-order valence-corrected chi connectivity index (χ0v) is 11.4. The van der Waals surface area contributed by atoms with E-state index in [0.29, 0.717) is 17.1 Å². The Labute approximate surface area is 115 Å². The molecule has 0 amide bonds. The molecule has 0 bridgehead atoms. The van der Waals surface area contributed by atoms with Crippen molar-refractivity contribution in [3.05, 3.63) is 52.3 Å². The minimum atomic E-state index is -0.876. The average Bonchev–Trinajstić information content (AvgIpc) is 2.70. The molecule has 1 heterocycles. The number of hydrogen-bond acceptors (Lipinski definition) is 2. The lowest BCUT2D eigenvalue weighted by molar-refractivity contribution is 0.501. The molecule has 0 aliphatic rings. The van der Waals surface area contributed by atoms with Crippen LogP contribution in [0.5, 0.6) is 0 Å². The number of aromatic nitrogens is 2. The van der Waals surface area contributed by atoms with E-state index >= 15 is 0 Å². The topological polar surface area (TPSA) is 29.9 Å². The Morgan fingerprint density at radius 2 is 2.11 bits per heavy atom. The molecule has 0 saturated carbocycles. The van der Waals surface area contributed by atoms with E-state index in [1.165, 1.54) is 18.3 Å². The van der Waals surface area contributed by atoms with Crippen LogP contribution in [0.25, 0.3) is 0 Å².